The van der Waals surface area contributed by atoms with Crippen molar-refractivity contribution in [1.29, 1.82) is 0 Å². The second kappa shape index (κ2) is 6.05. The van der Waals surface area contributed by atoms with E-state index in [4.69, 9.17) is 4.74 Å². The SMILES string of the molecule is CCOc1ccc(CNc2n[nH]c3nc(C)cc(C)c23)cc1. The number of benzene rings is 1. The second-order valence-electron chi connectivity index (χ2n) is 5.31. The molecule has 0 bridgehead atoms. The molecule has 0 aliphatic rings. The Morgan fingerprint density at radius 2 is 1.95 bits per heavy atom. The molecule has 2 aromatic heterocycles. The molecule has 2 N–H and O–H groups in total. The molecule has 0 aliphatic heterocycles. The molecule has 3 aromatic rings. The number of aryl methyl sites for hydroxylation is 2. The first-order chi connectivity index (χ1) is 10.7. The van der Waals surface area contributed by atoms with E-state index in [1.807, 2.05) is 26.0 Å². The number of hydrogen-bond donors (Lipinski definition) is 2. The predicted octanol–water partition coefficient (Wildman–Crippen LogP) is 3.59. The van der Waals surface area contributed by atoms with E-state index < -0.39 is 0 Å². The van der Waals surface area contributed by atoms with Crippen LogP contribution in [0.25, 0.3) is 11.0 Å². The summed E-state index contributed by atoms with van der Waals surface area (Å²) in [6.45, 7) is 7.44. The van der Waals surface area contributed by atoms with Gasteiger partial charge in [-0.2, -0.15) is 5.10 Å². The number of nitrogens with zero attached hydrogens (tertiary/aromatic N) is 2. The first-order valence-corrected chi connectivity index (χ1v) is 7.45. The molecule has 5 nitrogen and oxygen atoms in total. The topological polar surface area (TPSA) is 62.8 Å². The fourth-order valence-corrected chi connectivity index (χ4v) is 2.57. The van der Waals surface area contributed by atoms with Crippen molar-refractivity contribution in [1.82, 2.24) is 15.2 Å². The highest BCUT2D eigenvalue weighted by atomic mass is 16.5. The summed E-state index contributed by atoms with van der Waals surface area (Å²) in [7, 11) is 0. The molecule has 5 heteroatoms. The normalized spacial score (nSPS) is 10.9. The van der Waals surface area contributed by atoms with Crippen LogP contribution in [0.5, 0.6) is 5.75 Å². The maximum atomic E-state index is 5.45. The van der Waals surface area contributed by atoms with E-state index >= 15 is 0 Å². The monoisotopic (exact) mass is 296 g/mol. The molecule has 0 spiro atoms. The number of H-pyrrole nitrogens is 1. The van der Waals surface area contributed by atoms with Gasteiger partial charge in [0.15, 0.2) is 11.5 Å². The highest BCUT2D eigenvalue weighted by Crippen LogP contribution is 2.24. The van der Waals surface area contributed by atoms with Gasteiger partial charge in [0, 0.05) is 12.2 Å². The molecular weight excluding hydrogens is 276 g/mol. The van der Waals surface area contributed by atoms with Crippen molar-refractivity contribution in [2.75, 3.05) is 11.9 Å². The predicted molar refractivity (Wildman–Crippen MR) is 88.3 cm³/mol. The smallest absolute Gasteiger partial charge is 0.157 e. The Kier molecular flexibility index (Phi) is 3.96. The van der Waals surface area contributed by atoms with Gasteiger partial charge >= 0.3 is 0 Å². The average Bonchev–Trinajstić information content (AvgIpc) is 2.90. The van der Waals surface area contributed by atoms with E-state index in [-0.39, 0.29) is 0 Å². The van der Waals surface area contributed by atoms with Crippen molar-refractivity contribution in [3.05, 3.63) is 47.2 Å². The third-order valence-corrected chi connectivity index (χ3v) is 3.55. The highest BCUT2D eigenvalue weighted by molar-refractivity contribution is 5.90. The number of hydrogen-bond acceptors (Lipinski definition) is 4. The van der Waals surface area contributed by atoms with Crippen molar-refractivity contribution in [2.45, 2.75) is 27.3 Å². The van der Waals surface area contributed by atoms with E-state index in [0.717, 1.165) is 28.3 Å². The zero-order valence-electron chi connectivity index (χ0n) is 13.1. The number of rotatable bonds is 5. The van der Waals surface area contributed by atoms with Crippen LogP contribution in [-0.2, 0) is 6.54 Å². The summed E-state index contributed by atoms with van der Waals surface area (Å²) in [6.07, 6.45) is 0. The quantitative estimate of drug-likeness (QED) is 0.755. The van der Waals surface area contributed by atoms with Crippen molar-refractivity contribution >= 4 is 16.9 Å². The van der Waals surface area contributed by atoms with E-state index in [0.29, 0.717) is 13.2 Å². The molecule has 1 aromatic carbocycles. The summed E-state index contributed by atoms with van der Waals surface area (Å²) >= 11 is 0. The summed E-state index contributed by atoms with van der Waals surface area (Å²) in [6, 6.07) is 10.2. The van der Waals surface area contributed by atoms with Crippen LogP contribution < -0.4 is 10.1 Å². The highest BCUT2D eigenvalue weighted by Gasteiger charge is 2.10. The van der Waals surface area contributed by atoms with E-state index in [1.54, 1.807) is 0 Å². The summed E-state index contributed by atoms with van der Waals surface area (Å²) in [4.78, 5) is 4.47. The number of ether oxygens (including phenoxy) is 1. The Labute approximate surface area is 129 Å². The number of anilines is 1. The lowest BCUT2D eigenvalue weighted by Crippen LogP contribution is -2.01. The number of aromatic amines is 1. The Hall–Kier alpha value is -2.56. The van der Waals surface area contributed by atoms with Crippen molar-refractivity contribution in [3.63, 3.8) is 0 Å². The molecule has 0 fully saturated rings. The lowest BCUT2D eigenvalue weighted by atomic mass is 10.1. The van der Waals surface area contributed by atoms with Crippen LogP contribution in [0.1, 0.15) is 23.7 Å². The van der Waals surface area contributed by atoms with Gasteiger partial charge in [0.1, 0.15) is 5.75 Å². The third-order valence-electron chi connectivity index (χ3n) is 3.55. The van der Waals surface area contributed by atoms with Gasteiger partial charge in [0.05, 0.1) is 12.0 Å². The Morgan fingerprint density at radius 1 is 1.18 bits per heavy atom. The first-order valence-electron chi connectivity index (χ1n) is 7.45. The number of aromatic nitrogens is 3. The summed E-state index contributed by atoms with van der Waals surface area (Å²) < 4.78 is 5.45. The summed E-state index contributed by atoms with van der Waals surface area (Å²) in [5.41, 5.74) is 4.17. The van der Waals surface area contributed by atoms with Crippen LogP contribution in [0.2, 0.25) is 0 Å². The standard InChI is InChI=1S/C17H20N4O/c1-4-22-14-7-5-13(6-8-14)10-18-16-15-11(2)9-12(3)19-17(15)21-20-16/h5-9H,4,10H2,1-3H3,(H2,18,19,20,21). The number of pyridine rings is 1. The van der Waals surface area contributed by atoms with Crippen LogP contribution in [0.15, 0.2) is 30.3 Å². The van der Waals surface area contributed by atoms with Gasteiger partial charge in [0.25, 0.3) is 0 Å². The van der Waals surface area contributed by atoms with Crippen LogP contribution >= 0.6 is 0 Å². The molecule has 0 atom stereocenters. The molecule has 114 valence electrons. The van der Waals surface area contributed by atoms with Crippen LogP contribution in [-0.4, -0.2) is 21.8 Å². The van der Waals surface area contributed by atoms with Crippen LogP contribution in [0.3, 0.4) is 0 Å². The van der Waals surface area contributed by atoms with Gasteiger partial charge in [-0.3, -0.25) is 5.10 Å². The largest absolute Gasteiger partial charge is 0.494 e. The number of nitrogens with one attached hydrogen (secondary N) is 2. The maximum Gasteiger partial charge on any atom is 0.157 e. The number of fused-ring (bicyclic) bond motifs is 1. The lowest BCUT2D eigenvalue weighted by molar-refractivity contribution is 0.340. The van der Waals surface area contributed by atoms with E-state index in [1.165, 1.54) is 11.1 Å². The van der Waals surface area contributed by atoms with Crippen molar-refractivity contribution in [3.8, 4) is 5.75 Å². The molecule has 0 saturated heterocycles. The van der Waals surface area contributed by atoms with Gasteiger partial charge in [-0.25, -0.2) is 4.98 Å². The Bertz CT molecular complexity index is 777. The third kappa shape index (κ3) is 2.88. The minimum absolute atomic E-state index is 0.683. The summed E-state index contributed by atoms with van der Waals surface area (Å²) in [5.74, 6) is 1.74. The Morgan fingerprint density at radius 3 is 2.68 bits per heavy atom. The van der Waals surface area contributed by atoms with Gasteiger partial charge in [-0.05, 0) is 50.1 Å². The van der Waals surface area contributed by atoms with Crippen molar-refractivity contribution < 1.29 is 4.74 Å². The molecule has 0 aliphatic carbocycles. The fourth-order valence-electron chi connectivity index (χ4n) is 2.57. The van der Waals surface area contributed by atoms with Gasteiger partial charge in [-0.15, -0.1) is 0 Å². The van der Waals surface area contributed by atoms with Gasteiger partial charge in [-0.1, -0.05) is 12.1 Å². The molecule has 0 saturated carbocycles. The molecule has 2 heterocycles. The zero-order chi connectivity index (χ0) is 15.5. The minimum atomic E-state index is 0.683. The zero-order valence-corrected chi connectivity index (χ0v) is 13.1. The minimum Gasteiger partial charge on any atom is -0.494 e. The first kappa shape index (κ1) is 14.4. The average molecular weight is 296 g/mol. The molecule has 22 heavy (non-hydrogen) atoms. The summed E-state index contributed by atoms with van der Waals surface area (Å²) in [5, 5.41) is 11.7. The van der Waals surface area contributed by atoms with Crippen LogP contribution in [0.4, 0.5) is 5.82 Å². The van der Waals surface area contributed by atoms with Gasteiger partial charge < -0.3 is 10.1 Å². The fraction of sp³-hybridized carbons (Fsp3) is 0.294. The van der Waals surface area contributed by atoms with E-state index in [9.17, 15) is 0 Å². The lowest BCUT2D eigenvalue weighted by Gasteiger charge is -2.07. The molecule has 0 unspecified atom stereocenters. The van der Waals surface area contributed by atoms with Gasteiger partial charge in [0.2, 0.25) is 0 Å². The molecule has 0 radical (unpaired) electrons. The van der Waals surface area contributed by atoms with E-state index in [2.05, 4.69) is 45.6 Å². The van der Waals surface area contributed by atoms with Crippen molar-refractivity contribution in [2.24, 2.45) is 0 Å². The van der Waals surface area contributed by atoms with Crippen LogP contribution in [0, 0.1) is 13.8 Å². The molecular formula is C17H20N4O. The Balaban J connectivity index is 1.76. The second-order valence-corrected chi connectivity index (χ2v) is 5.31. The maximum absolute atomic E-state index is 5.45. The molecule has 0 amide bonds. The molecule has 3 rings (SSSR count).